The lowest BCUT2D eigenvalue weighted by Crippen LogP contribution is -2.59. The lowest BCUT2D eigenvalue weighted by molar-refractivity contribution is -0.143. The van der Waals surface area contributed by atoms with Crippen LogP contribution in [-0.4, -0.2) is 87.6 Å². The third-order valence-electron chi connectivity index (χ3n) is 3.78. The maximum Gasteiger partial charge on any atom is 0.328 e. The SMILES string of the molecule is CC(C)CC(NC(=O)C(CO)NC(=O)C(N)C(C)O)C(=O)NC(CO)C(=O)O. The van der Waals surface area contributed by atoms with Crippen LogP contribution >= 0.6 is 0 Å². The number of nitrogens with one attached hydrogen (secondary N) is 3. The van der Waals surface area contributed by atoms with Crippen molar-refractivity contribution in [1.29, 1.82) is 0 Å². The van der Waals surface area contributed by atoms with Crippen molar-refractivity contribution >= 4 is 23.7 Å². The summed E-state index contributed by atoms with van der Waals surface area (Å²) in [5.41, 5.74) is 5.46. The van der Waals surface area contributed by atoms with E-state index in [-0.39, 0.29) is 12.3 Å². The van der Waals surface area contributed by atoms with Gasteiger partial charge in [-0.25, -0.2) is 4.79 Å². The molecule has 5 unspecified atom stereocenters. The Morgan fingerprint density at radius 1 is 0.821 bits per heavy atom. The summed E-state index contributed by atoms with van der Waals surface area (Å²) in [5, 5.41) is 43.2. The van der Waals surface area contributed by atoms with E-state index in [4.69, 9.17) is 15.9 Å². The predicted molar refractivity (Wildman–Crippen MR) is 96.7 cm³/mol. The number of aliphatic carboxylic acids is 1. The van der Waals surface area contributed by atoms with Gasteiger partial charge in [0, 0.05) is 0 Å². The van der Waals surface area contributed by atoms with Gasteiger partial charge in [-0.2, -0.15) is 0 Å². The minimum atomic E-state index is -1.54. The third kappa shape index (κ3) is 8.61. The van der Waals surface area contributed by atoms with Crippen molar-refractivity contribution in [3.8, 4) is 0 Å². The van der Waals surface area contributed by atoms with Crippen LogP contribution in [0, 0.1) is 5.92 Å². The number of rotatable bonds is 12. The molecule has 0 aliphatic heterocycles. The van der Waals surface area contributed by atoms with Gasteiger partial charge < -0.3 is 42.1 Å². The quantitative estimate of drug-likeness (QED) is 0.160. The number of aliphatic hydroxyl groups is 3. The van der Waals surface area contributed by atoms with Gasteiger partial charge in [-0.3, -0.25) is 14.4 Å². The number of carbonyl (C=O) groups excluding carboxylic acids is 3. The van der Waals surface area contributed by atoms with Gasteiger partial charge in [-0.1, -0.05) is 13.8 Å². The van der Waals surface area contributed by atoms with E-state index in [9.17, 15) is 29.4 Å². The fourth-order valence-electron chi connectivity index (χ4n) is 2.11. The second-order valence-electron chi connectivity index (χ2n) is 6.78. The van der Waals surface area contributed by atoms with Gasteiger partial charge in [0.05, 0.1) is 19.3 Å². The van der Waals surface area contributed by atoms with Crippen LogP contribution in [0.5, 0.6) is 0 Å². The smallest absolute Gasteiger partial charge is 0.328 e. The number of aliphatic hydroxyl groups excluding tert-OH is 3. The summed E-state index contributed by atoms with van der Waals surface area (Å²) in [7, 11) is 0. The zero-order chi connectivity index (χ0) is 22.0. The summed E-state index contributed by atoms with van der Waals surface area (Å²) in [4.78, 5) is 47.5. The van der Waals surface area contributed by atoms with Crippen LogP contribution in [0.1, 0.15) is 27.2 Å². The first-order valence-electron chi connectivity index (χ1n) is 8.73. The predicted octanol–water partition coefficient (Wildman–Crippen LogP) is -3.74. The van der Waals surface area contributed by atoms with Gasteiger partial charge >= 0.3 is 5.97 Å². The summed E-state index contributed by atoms with van der Waals surface area (Å²) in [6.07, 6.45) is -1.05. The van der Waals surface area contributed by atoms with E-state index >= 15 is 0 Å². The molecule has 3 amide bonds. The molecule has 5 atom stereocenters. The topological polar surface area (TPSA) is 211 Å². The van der Waals surface area contributed by atoms with Gasteiger partial charge in [0.25, 0.3) is 0 Å². The summed E-state index contributed by atoms with van der Waals surface area (Å²) in [6.45, 7) is 3.17. The Bertz CT molecular complexity index is 555. The second-order valence-corrected chi connectivity index (χ2v) is 6.78. The van der Waals surface area contributed by atoms with Crippen LogP contribution in [0.25, 0.3) is 0 Å². The molecule has 0 spiro atoms. The molecule has 12 nitrogen and oxygen atoms in total. The van der Waals surface area contributed by atoms with E-state index < -0.39 is 67.2 Å². The summed E-state index contributed by atoms with van der Waals surface area (Å²) < 4.78 is 0. The number of carboxylic acid groups (broad SMARTS) is 1. The standard InChI is InChI=1S/C16H30N4O8/c1-7(2)4-9(13(24)20-11(6-22)16(27)28)18-14(25)10(5-21)19-15(26)12(17)8(3)23/h7-12,21-23H,4-6,17H2,1-3H3,(H,18,25)(H,19,26)(H,20,24)(H,27,28). The van der Waals surface area contributed by atoms with Gasteiger partial charge in [0.15, 0.2) is 0 Å². The molecule has 0 aliphatic carbocycles. The lowest BCUT2D eigenvalue weighted by atomic mass is 10.0. The molecular weight excluding hydrogens is 376 g/mol. The van der Waals surface area contributed by atoms with E-state index in [1.165, 1.54) is 6.92 Å². The average Bonchev–Trinajstić information content (AvgIpc) is 2.61. The molecule has 0 aromatic rings. The fourth-order valence-corrected chi connectivity index (χ4v) is 2.11. The molecule has 0 saturated carbocycles. The highest BCUT2D eigenvalue weighted by Gasteiger charge is 2.30. The summed E-state index contributed by atoms with van der Waals surface area (Å²) in [6, 6.07) is -5.47. The van der Waals surface area contributed by atoms with E-state index in [0.29, 0.717) is 0 Å². The maximum atomic E-state index is 12.4. The van der Waals surface area contributed by atoms with Crippen molar-refractivity contribution in [3.05, 3.63) is 0 Å². The normalized spacial score (nSPS) is 16.4. The highest BCUT2D eigenvalue weighted by molar-refractivity contribution is 5.94. The van der Waals surface area contributed by atoms with E-state index in [0.717, 1.165) is 0 Å². The molecule has 0 saturated heterocycles. The van der Waals surface area contributed by atoms with Crippen LogP contribution in [0.4, 0.5) is 0 Å². The minimum absolute atomic E-state index is 0.0701. The van der Waals surface area contributed by atoms with Crippen molar-refractivity contribution in [2.24, 2.45) is 11.7 Å². The number of carbonyl (C=O) groups is 4. The Hall–Kier alpha value is -2.28. The molecule has 0 radical (unpaired) electrons. The summed E-state index contributed by atoms with van der Waals surface area (Å²) >= 11 is 0. The second kappa shape index (κ2) is 12.2. The number of amides is 3. The summed E-state index contributed by atoms with van der Waals surface area (Å²) in [5.74, 6) is -4.13. The molecule has 0 fully saturated rings. The number of hydrogen-bond donors (Lipinski definition) is 8. The Morgan fingerprint density at radius 2 is 1.25 bits per heavy atom. The average molecular weight is 406 g/mol. The number of hydrogen-bond acceptors (Lipinski definition) is 8. The highest BCUT2D eigenvalue weighted by atomic mass is 16.4. The first-order valence-corrected chi connectivity index (χ1v) is 8.73. The van der Waals surface area contributed by atoms with Crippen molar-refractivity contribution in [2.75, 3.05) is 13.2 Å². The van der Waals surface area contributed by atoms with E-state index in [1.807, 2.05) is 0 Å². The van der Waals surface area contributed by atoms with Crippen LogP contribution in [-0.2, 0) is 19.2 Å². The van der Waals surface area contributed by atoms with Gasteiger partial charge in [-0.05, 0) is 19.3 Å². The Balaban J connectivity index is 5.18. The largest absolute Gasteiger partial charge is 0.480 e. The first-order chi connectivity index (χ1) is 12.9. The van der Waals surface area contributed by atoms with Crippen molar-refractivity contribution in [3.63, 3.8) is 0 Å². The number of carboxylic acids is 1. The molecule has 0 aromatic carbocycles. The molecule has 0 rings (SSSR count). The van der Waals surface area contributed by atoms with Crippen molar-refractivity contribution < 1.29 is 39.6 Å². The van der Waals surface area contributed by atoms with Gasteiger partial charge in [0.1, 0.15) is 24.2 Å². The highest BCUT2D eigenvalue weighted by Crippen LogP contribution is 2.06. The molecule has 162 valence electrons. The zero-order valence-electron chi connectivity index (χ0n) is 16.1. The van der Waals surface area contributed by atoms with Crippen LogP contribution in [0.15, 0.2) is 0 Å². The fraction of sp³-hybridized carbons (Fsp3) is 0.750. The lowest BCUT2D eigenvalue weighted by Gasteiger charge is -2.25. The molecule has 9 N–H and O–H groups in total. The first kappa shape index (κ1) is 25.7. The van der Waals surface area contributed by atoms with Gasteiger partial charge in [-0.15, -0.1) is 0 Å². The Morgan fingerprint density at radius 3 is 1.64 bits per heavy atom. The molecule has 0 aromatic heterocycles. The monoisotopic (exact) mass is 406 g/mol. The number of nitrogens with two attached hydrogens (primary N) is 1. The Kier molecular flexibility index (Phi) is 11.2. The molecule has 12 heteroatoms. The Labute approximate surface area is 162 Å². The van der Waals surface area contributed by atoms with Crippen LogP contribution in [0.2, 0.25) is 0 Å². The van der Waals surface area contributed by atoms with Crippen molar-refractivity contribution in [1.82, 2.24) is 16.0 Å². The van der Waals surface area contributed by atoms with Gasteiger partial charge in [0.2, 0.25) is 17.7 Å². The molecule has 0 bridgehead atoms. The minimum Gasteiger partial charge on any atom is -0.480 e. The zero-order valence-corrected chi connectivity index (χ0v) is 16.1. The molecule has 28 heavy (non-hydrogen) atoms. The van der Waals surface area contributed by atoms with Crippen molar-refractivity contribution in [2.45, 2.75) is 57.5 Å². The van der Waals surface area contributed by atoms with Crippen LogP contribution in [0.3, 0.4) is 0 Å². The van der Waals surface area contributed by atoms with E-state index in [1.54, 1.807) is 13.8 Å². The van der Waals surface area contributed by atoms with E-state index in [2.05, 4.69) is 16.0 Å². The third-order valence-corrected chi connectivity index (χ3v) is 3.78. The molecule has 0 aliphatic rings. The van der Waals surface area contributed by atoms with Crippen LogP contribution < -0.4 is 21.7 Å². The molecular formula is C16H30N4O8. The molecule has 0 heterocycles. The maximum absolute atomic E-state index is 12.4.